The number of nitrogens with one attached hydrogen (secondary N) is 1. The fourth-order valence-corrected chi connectivity index (χ4v) is 1.50. The second-order valence-electron chi connectivity index (χ2n) is 3.95. The molecule has 0 spiro atoms. The number of hydrogen-bond donors (Lipinski definition) is 1. The molecule has 0 aliphatic heterocycles. The van der Waals surface area contributed by atoms with Gasteiger partial charge in [0.05, 0.1) is 11.1 Å². The predicted octanol–water partition coefficient (Wildman–Crippen LogP) is 2.26. The lowest BCUT2D eigenvalue weighted by Crippen LogP contribution is -2.17. The third-order valence-corrected chi connectivity index (χ3v) is 2.44. The minimum atomic E-state index is -0.564. The average molecular weight is 273 g/mol. The minimum absolute atomic E-state index is 0.150. The van der Waals surface area contributed by atoms with Crippen molar-refractivity contribution in [2.75, 3.05) is 0 Å². The van der Waals surface area contributed by atoms with E-state index in [-0.39, 0.29) is 11.3 Å². The van der Waals surface area contributed by atoms with Crippen molar-refractivity contribution in [3.8, 4) is 0 Å². The SMILES string of the molecule is Cc1ccc(C=NNC(=O)c2cccc([N+](=O)[O-])c2)o1. The molecular formula is C13H11N3O4. The van der Waals surface area contributed by atoms with Gasteiger partial charge in [0.2, 0.25) is 0 Å². The molecule has 0 aliphatic carbocycles. The van der Waals surface area contributed by atoms with Gasteiger partial charge in [-0.05, 0) is 25.1 Å². The number of nitro benzene ring substituents is 1. The monoisotopic (exact) mass is 273 g/mol. The standard InChI is InChI=1S/C13H11N3O4/c1-9-5-6-12(20-9)8-14-15-13(17)10-3-2-4-11(7-10)16(18)19/h2-8H,1H3,(H,15,17). The molecule has 0 radical (unpaired) electrons. The fraction of sp³-hybridized carbons (Fsp3) is 0.0769. The second kappa shape index (κ2) is 5.79. The highest BCUT2D eigenvalue weighted by molar-refractivity contribution is 5.95. The van der Waals surface area contributed by atoms with Gasteiger partial charge >= 0.3 is 0 Å². The number of aryl methyl sites for hydroxylation is 1. The van der Waals surface area contributed by atoms with E-state index < -0.39 is 10.8 Å². The average Bonchev–Trinajstić information content (AvgIpc) is 2.84. The van der Waals surface area contributed by atoms with Crippen LogP contribution in [0, 0.1) is 17.0 Å². The highest BCUT2D eigenvalue weighted by Crippen LogP contribution is 2.12. The molecule has 2 aromatic rings. The van der Waals surface area contributed by atoms with Crippen molar-refractivity contribution in [3.05, 3.63) is 63.6 Å². The summed E-state index contributed by atoms with van der Waals surface area (Å²) in [6, 6.07) is 8.87. The van der Waals surface area contributed by atoms with Crippen molar-refractivity contribution in [2.24, 2.45) is 5.10 Å². The number of carbonyl (C=O) groups excluding carboxylic acids is 1. The van der Waals surface area contributed by atoms with E-state index in [1.165, 1.54) is 30.5 Å². The van der Waals surface area contributed by atoms with Crippen LogP contribution in [0.15, 0.2) is 45.9 Å². The van der Waals surface area contributed by atoms with Gasteiger partial charge in [0.15, 0.2) is 0 Å². The Morgan fingerprint density at radius 3 is 2.85 bits per heavy atom. The topological polar surface area (TPSA) is 97.7 Å². The summed E-state index contributed by atoms with van der Waals surface area (Å²) in [5, 5.41) is 14.3. The largest absolute Gasteiger partial charge is 0.460 e. The molecule has 20 heavy (non-hydrogen) atoms. The number of hydrazone groups is 1. The molecule has 7 heteroatoms. The van der Waals surface area contributed by atoms with E-state index in [2.05, 4.69) is 10.5 Å². The molecule has 1 aromatic carbocycles. The van der Waals surface area contributed by atoms with Crippen LogP contribution in [-0.2, 0) is 0 Å². The Labute approximate surface area is 114 Å². The predicted molar refractivity (Wildman–Crippen MR) is 71.6 cm³/mol. The number of nitrogens with zero attached hydrogens (tertiary/aromatic N) is 2. The summed E-state index contributed by atoms with van der Waals surface area (Å²) in [5.41, 5.74) is 2.28. The van der Waals surface area contributed by atoms with Gasteiger partial charge in [-0.25, -0.2) is 5.43 Å². The van der Waals surface area contributed by atoms with Crippen LogP contribution in [0.1, 0.15) is 21.9 Å². The Morgan fingerprint density at radius 1 is 1.40 bits per heavy atom. The number of nitro groups is 1. The molecule has 0 fully saturated rings. The number of furan rings is 1. The quantitative estimate of drug-likeness (QED) is 0.524. The third-order valence-electron chi connectivity index (χ3n) is 2.44. The zero-order chi connectivity index (χ0) is 14.5. The van der Waals surface area contributed by atoms with E-state index in [4.69, 9.17) is 4.42 Å². The molecule has 7 nitrogen and oxygen atoms in total. The smallest absolute Gasteiger partial charge is 0.271 e. The Balaban J connectivity index is 2.03. The van der Waals surface area contributed by atoms with Gasteiger partial charge < -0.3 is 4.42 Å². The normalized spacial score (nSPS) is 10.7. The molecule has 2 rings (SSSR count). The van der Waals surface area contributed by atoms with Crippen LogP contribution in [0.2, 0.25) is 0 Å². The number of carbonyl (C=O) groups is 1. The van der Waals surface area contributed by atoms with E-state index in [9.17, 15) is 14.9 Å². The van der Waals surface area contributed by atoms with Crippen molar-refractivity contribution < 1.29 is 14.1 Å². The molecule has 0 saturated carbocycles. The Morgan fingerprint density at radius 2 is 2.20 bits per heavy atom. The second-order valence-corrected chi connectivity index (χ2v) is 3.95. The summed E-state index contributed by atoms with van der Waals surface area (Å²) < 4.78 is 5.23. The molecule has 0 saturated heterocycles. The van der Waals surface area contributed by atoms with Crippen LogP contribution in [0.25, 0.3) is 0 Å². The highest BCUT2D eigenvalue weighted by atomic mass is 16.6. The lowest BCUT2D eigenvalue weighted by molar-refractivity contribution is -0.384. The maximum atomic E-state index is 11.7. The van der Waals surface area contributed by atoms with Gasteiger partial charge in [0.25, 0.3) is 11.6 Å². The lowest BCUT2D eigenvalue weighted by Gasteiger charge is -1.99. The van der Waals surface area contributed by atoms with E-state index >= 15 is 0 Å². The Hall–Kier alpha value is -2.96. The number of rotatable bonds is 4. The van der Waals surface area contributed by atoms with Crippen LogP contribution in [0.5, 0.6) is 0 Å². The van der Waals surface area contributed by atoms with Crippen LogP contribution in [0.4, 0.5) is 5.69 Å². The van der Waals surface area contributed by atoms with E-state index in [0.717, 1.165) is 5.76 Å². The lowest BCUT2D eigenvalue weighted by atomic mass is 10.2. The number of non-ortho nitro benzene ring substituents is 1. The van der Waals surface area contributed by atoms with Gasteiger partial charge in [-0.1, -0.05) is 6.07 Å². The zero-order valence-electron chi connectivity index (χ0n) is 10.6. The molecule has 1 N–H and O–H groups in total. The fourth-order valence-electron chi connectivity index (χ4n) is 1.50. The zero-order valence-corrected chi connectivity index (χ0v) is 10.6. The van der Waals surface area contributed by atoms with Crippen molar-refractivity contribution in [1.82, 2.24) is 5.43 Å². The highest BCUT2D eigenvalue weighted by Gasteiger charge is 2.10. The number of hydrogen-bond acceptors (Lipinski definition) is 5. The van der Waals surface area contributed by atoms with Gasteiger partial charge in [-0.2, -0.15) is 5.10 Å². The van der Waals surface area contributed by atoms with Gasteiger partial charge in [0.1, 0.15) is 11.5 Å². The first-order valence-corrected chi connectivity index (χ1v) is 5.70. The Bertz CT molecular complexity index is 676. The first-order valence-electron chi connectivity index (χ1n) is 5.70. The molecule has 1 aromatic heterocycles. The van der Waals surface area contributed by atoms with Gasteiger partial charge in [0, 0.05) is 17.7 Å². The number of benzene rings is 1. The van der Waals surface area contributed by atoms with Gasteiger partial charge in [-0.3, -0.25) is 14.9 Å². The van der Waals surface area contributed by atoms with E-state index in [0.29, 0.717) is 5.76 Å². The van der Waals surface area contributed by atoms with Crippen molar-refractivity contribution in [2.45, 2.75) is 6.92 Å². The molecule has 1 heterocycles. The van der Waals surface area contributed by atoms with Crippen LogP contribution < -0.4 is 5.43 Å². The third kappa shape index (κ3) is 3.29. The maximum Gasteiger partial charge on any atom is 0.271 e. The summed E-state index contributed by atoms with van der Waals surface area (Å²) in [5.74, 6) is 0.700. The summed E-state index contributed by atoms with van der Waals surface area (Å²) in [7, 11) is 0. The molecule has 1 amide bonds. The molecule has 0 bridgehead atoms. The van der Waals surface area contributed by atoms with Crippen molar-refractivity contribution >= 4 is 17.8 Å². The molecule has 102 valence electrons. The minimum Gasteiger partial charge on any atom is -0.460 e. The van der Waals surface area contributed by atoms with Crippen molar-refractivity contribution in [1.29, 1.82) is 0 Å². The molecule has 0 aliphatic rings. The Kier molecular flexibility index (Phi) is 3.90. The van der Waals surface area contributed by atoms with E-state index in [1.54, 1.807) is 19.1 Å². The molecule has 0 unspecified atom stereocenters. The van der Waals surface area contributed by atoms with Crippen LogP contribution in [-0.4, -0.2) is 17.0 Å². The van der Waals surface area contributed by atoms with Crippen molar-refractivity contribution in [3.63, 3.8) is 0 Å². The van der Waals surface area contributed by atoms with Crippen LogP contribution in [0.3, 0.4) is 0 Å². The van der Waals surface area contributed by atoms with E-state index in [1.807, 2.05) is 0 Å². The molecule has 0 atom stereocenters. The summed E-state index contributed by atoms with van der Waals surface area (Å²) >= 11 is 0. The summed E-state index contributed by atoms with van der Waals surface area (Å²) in [6.45, 7) is 1.79. The van der Waals surface area contributed by atoms with Gasteiger partial charge in [-0.15, -0.1) is 0 Å². The summed E-state index contributed by atoms with van der Waals surface area (Å²) in [6.07, 6.45) is 1.35. The number of amides is 1. The first kappa shape index (κ1) is 13.5. The first-order chi connectivity index (χ1) is 9.56. The molecular weight excluding hydrogens is 262 g/mol. The maximum absolute atomic E-state index is 11.7. The van der Waals surface area contributed by atoms with Crippen LogP contribution >= 0.6 is 0 Å². The summed E-state index contributed by atoms with van der Waals surface area (Å²) in [4.78, 5) is 21.8.